The van der Waals surface area contributed by atoms with Crippen molar-refractivity contribution in [1.29, 1.82) is 0 Å². The monoisotopic (exact) mass is 363 g/mol. The molecule has 0 aliphatic carbocycles. The Balaban J connectivity index is 2.81. The van der Waals surface area contributed by atoms with Gasteiger partial charge >= 0.3 is 5.97 Å². The van der Waals surface area contributed by atoms with Gasteiger partial charge in [-0.1, -0.05) is 0 Å². The molecule has 0 saturated heterocycles. The zero-order chi connectivity index (χ0) is 15.3. The molecule has 0 fully saturated rings. The molecule has 1 aromatic carbocycles. The molecular weight excluding hydrogens is 346 g/mol. The average molecular weight is 364 g/mol. The third-order valence-corrected chi connectivity index (χ3v) is 4.20. The van der Waals surface area contributed by atoms with E-state index in [1.54, 1.807) is 32.0 Å². The summed E-state index contributed by atoms with van der Waals surface area (Å²) in [6, 6.07) is 4.77. The van der Waals surface area contributed by atoms with E-state index < -0.39 is 9.84 Å². The Bertz CT molecular complexity index is 586. The summed E-state index contributed by atoms with van der Waals surface area (Å²) in [7, 11) is -3.04. The summed E-state index contributed by atoms with van der Waals surface area (Å²) in [5.74, 6) is -0.345. The van der Waals surface area contributed by atoms with Crippen molar-refractivity contribution < 1.29 is 17.9 Å². The molecule has 0 spiro atoms. The molecular formula is C13H18BrNO4S. The van der Waals surface area contributed by atoms with Gasteiger partial charge < -0.3 is 10.1 Å². The van der Waals surface area contributed by atoms with Gasteiger partial charge in [0, 0.05) is 22.5 Å². The van der Waals surface area contributed by atoms with Crippen molar-refractivity contribution in [1.82, 2.24) is 0 Å². The number of carbonyl (C=O) groups excluding carboxylic acids is 1. The van der Waals surface area contributed by atoms with Crippen LogP contribution >= 0.6 is 15.9 Å². The smallest absolute Gasteiger partial charge is 0.338 e. The SMILES string of the molecule is CCOC(=O)c1ccc(NC(C)CS(C)(=O)=O)c(Br)c1. The highest BCUT2D eigenvalue weighted by molar-refractivity contribution is 9.10. The van der Waals surface area contributed by atoms with Gasteiger partial charge in [0.1, 0.15) is 9.84 Å². The summed E-state index contributed by atoms with van der Waals surface area (Å²) in [5.41, 5.74) is 1.18. The third-order valence-electron chi connectivity index (χ3n) is 2.43. The van der Waals surface area contributed by atoms with Crippen molar-refractivity contribution in [2.45, 2.75) is 19.9 Å². The van der Waals surface area contributed by atoms with Gasteiger partial charge in [-0.3, -0.25) is 0 Å². The van der Waals surface area contributed by atoms with Crippen LogP contribution in [0.3, 0.4) is 0 Å². The molecule has 0 aliphatic rings. The second kappa shape index (κ2) is 7.08. The van der Waals surface area contributed by atoms with E-state index in [1.165, 1.54) is 6.26 Å². The standard InChI is InChI=1S/C13H18BrNO4S/c1-4-19-13(16)10-5-6-12(11(14)7-10)15-9(2)8-20(3,17)18/h5-7,9,15H,4,8H2,1-3H3. The molecule has 1 atom stereocenters. The molecule has 20 heavy (non-hydrogen) atoms. The predicted octanol–water partition coefficient (Wildman–Crippen LogP) is 2.47. The number of hydrogen-bond acceptors (Lipinski definition) is 5. The normalized spacial score (nSPS) is 12.8. The molecule has 0 radical (unpaired) electrons. The van der Waals surface area contributed by atoms with Crippen molar-refractivity contribution in [3.05, 3.63) is 28.2 Å². The minimum Gasteiger partial charge on any atom is -0.462 e. The Morgan fingerprint density at radius 2 is 2.10 bits per heavy atom. The highest BCUT2D eigenvalue weighted by atomic mass is 79.9. The van der Waals surface area contributed by atoms with Crippen molar-refractivity contribution in [2.75, 3.05) is 23.9 Å². The second-order valence-electron chi connectivity index (χ2n) is 4.55. The minimum atomic E-state index is -3.04. The lowest BCUT2D eigenvalue weighted by atomic mass is 10.2. The first kappa shape index (κ1) is 17.0. The maximum atomic E-state index is 11.6. The zero-order valence-electron chi connectivity index (χ0n) is 11.6. The first-order valence-electron chi connectivity index (χ1n) is 6.14. The van der Waals surface area contributed by atoms with E-state index in [-0.39, 0.29) is 17.8 Å². The van der Waals surface area contributed by atoms with Crippen LogP contribution in [0.4, 0.5) is 5.69 Å². The molecule has 1 aromatic rings. The first-order chi connectivity index (χ1) is 9.23. The van der Waals surface area contributed by atoms with Gasteiger partial charge in [-0.25, -0.2) is 13.2 Å². The van der Waals surface area contributed by atoms with Gasteiger partial charge in [0.15, 0.2) is 0 Å². The number of hydrogen-bond donors (Lipinski definition) is 1. The molecule has 0 amide bonds. The van der Waals surface area contributed by atoms with Crippen LogP contribution in [-0.4, -0.2) is 39.0 Å². The Hall–Kier alpha value is -1.08. The van der Waals surface area contributed by atoms with E-state index in [2.05, 4.69) is 21.2 Å². The number of sulfone groups is 1. The summed E-state index contributed by atoms with van der Waals surface area (Å²) in [4.78, 5) is 11.6. The highest BCUT2D eigenvalue weighted by Gasteiger charge is 2.13. The van der Waals surface area contributed by atoms with Gasteiger partial charge in [0.05, 0.1) is 17.9 Å². The average Bonchev–Trinajstić information content (AvgIpc) is 2.29. The van der Waals surface area contributed by atoms with E-state index >= 15 is 0 Å². The van der Waals surface area contributed by atoms with E-state index in [1.807, 2.05) is 0 Å². The number of anilines is 1. The van der Waals surface area contributed by atoms with Gasteiger partial charge in [-0.05, 0) is 48.0 Å². The lowest BCUT2D eigenvalue weighted by Gasteiger charge is -2.16. The minimum absolute atomic E-state index is 0.0407. The van der Waals surface area contributed by atoms with Crippen LogP contribution in [0, 0.1) is 0 Å². The van der Waals surface area contributed by atoms with Crippen LogP contribution in [0.1, 0.15) is 24.2 Å². The van der Waals surface area contributed by atoms with Crippen LogP contribution < -0.4 is 5.32 Å². The molecule has 5 nitrogen and oxygen atoms in total. The van der Waals surface area contributed by atoms with Crippen LogP contribution in [0.15, 0.2) is 22.7 Å². The van der Waals surface area contributed by atoms with Crippen LogP contribution in [0.2, 0.25) is 0 Å². The van der Waals surface area contributed by atoms with E-state index in [9.17, 15) is 13.2 Å². The van der Waals surface area contributed by atoms with Gasteiger partial charge in [0.2, 0.25) is 0 Å². The Kier molecular flexibility index (Phi) is 6.01. The summed E-state index contributed by atoms with van der Waals surface area (Å²) < 4.78 is 28.0. The van der Waals surface area contributed by atoms with E-state index in [4.69, 9.17) is 4.74 Å². The molecule has 1 unspecified atom stereocenters. The Labute approximate surface area is 127 Å². The number of nitrogens with one attached hydrogen (secondary N) is 1. The summed E-state index contributed by atoms with van der Waals surface area (Å²) in [5, 5.41) is 3.09. The number of ether oxygens (including phenoxy) is 1. The summed E-state index contributed by atoms with van der Waals surface area (Å²) in [6.07, 6.45) is 1.20. The molecule has 1 rings (SSSR count). The molecule has 7 heteroatoms. The quantitative estimate of drug-likeness (QED) is 0.786. The van der Waals surface area contributed by atoms with Gasteiger partial charge in [0.25, 0.3) is 0 Å². The zero-order valence-corrected chi connectivity index (χ0v) is 14.0. The molecule has 0 heterocycles. The number of esters is 1. The summed E-state index contributed by atoms with van der Waals surface area (Å²) in [6.45, 7) is 3.85. The number of halogens is 1. The number of carbonyl (C=O) groups is 1. The predicted molar refractivity (Wildman–Crippen MR) is 82.9 cm³/mol. The van der Waals surface area contributed by atoms with Crippen molar-refractivity contribution >= 4 is 37.4 Å². The van der Waals surface area contributed by atoms with Crippen molar-refractivity contribution in [3.63, 3.8) is 0 Å². The van der Waals surface area contributed by atoms with Crippen LogP contribution in [0.25, 0.3) is 0 Å². The molecule has 0 aliphatic heterocycles. The van der Waals surface area contributed by atoms with Crippen LogP contribution in [0.5, 0.6) is 0 Å². The van der Waals surface area contributed by atoms with Crippen molar-refractivity contribution in [2.24, 2.45) is 0 Å². The third kappa shape index (κ3) is 5.50. The first-order valence-corrected chi connectivity index (χ1v) is 8.99. The fourth-order valence-corrected chi connectivity index (χ4v) is 3.22. The molecule has 0 saturated carbocycles. The maximum Gasteiger partial charge on any atom is 0.338 e. The molecule has 0 aromatic heterocycles. The Morgan fingerprint density at radius 3 is 2.60 bits per heavy atom. The van der Waals surface area contributed by atoms with Crippen molar-refractivity contribution in [3.8, 4) is 0 Å². The van der Waals surface area contributed by atoms with Crippen LogP contribution in [-0.2, 0) is 14.6 Å². The number of benzene rings is 1. The molecule has 0 bridgehead atoms. The largest absolute Gasteiger partial charge is 0.462 e. The fourth-order valence-electron chi connectivity index (χ4n) is 1.73. The van der Waals surface area contributed by atoms with Gasteiger partial charge in [-0.15, -0.1) is 0 Å². The molecule has 112 valence electrons. The maximum absolute atomic E-state index is 11.6. The lowest BCUT2D eigenvalue weighted by Crippen LogP contribution is -2.25. The van der Waals surface area contributed by atoms with E-state index in [0.29, 0.717) is 16.6 Å². The van der Waals surface area contributed by atoms with E-state index in [0.717, 1.165) is 5.69 Å². The lowest BCUT2D eigenvalue weighted by molar-refractivity contribution is 0.0526. The Morgan fingerprint density at radius 1 is 1.45 bits per heavy atom. The highest BCUT2D eigenvalue weighted by Crippen LogP contribution is 2.25. The number of rotatable bonds is 6. The van der Waals surface area contributed by atoms with Gasteiger partial charge in [-0.2, -0.15) is 0 Å². The molecule has 1 N–H and O–H groups in total. The topological polar surface area (TPSA) is 72.5 Å². The fraction of sp³-hybridized carbons (Fsp3) is 0.462. The second-order valence-corrected chi connectivity index (χ2v) is 7.59. The summed E-state index contributed by atoms with van der Waals surface area (Å²) >= 11 is 3.35.